The zero-order valence-electron chi connectivity index (χ0n) is 11.4. The number of nitrogens with one attached hydrogen (secondary N) is 1. The first kappa shape index (κ1) is 14.4. The maximum absolute atomic E-state index is 12.0. The molecule has 4 rings (SSSR count). The molecule has 0 aliphatic carbocycles. The number of anilines is 1. The number of pyridine rings is 1. The molecule has 3 aromatic heterocycles. The van der Waals surface area contributed by atoms with Gasteiger partial charge in [0.25, 0.3) is 5.56 Å². The lowest BCUT2D eigenvalue weighted by Crippen LogP contribution is -2.09. The summed E-state index contributed by atoms with van der Waals surface area (Å²) < 4.78 is 0.501. The third-order valence-corrected chi connectivity index (χ3v) is 5.05. The number of benzene rings is 1. The third-order valence-electron chi connectivity index (χ3n) is 3.42. The summed E-state index contributed by atoms with van der Waals surface area (Å²) in [6.45, 7) is 0. The van der Waals surface area contributed by atoms with E-state index in [9.17, 15) is 4.79 Å². The van der Waals surface area contributed by atoms with Crippen molar-refractivity contribution in [3.8, 4) is 11.3 Å². The summed E-state index contributed by atoms with van der Waals surface area (Å²) in [5.41, 5.74) is 7.40. The second-order valence-electron chi connectivity index (χ2n) is 4.90. The van der Waals surface area contributed by atoms with Crippen molar-refractivity contribution in [2.45, 2.75) is 0 Å². The first-order valence-corrected chi connectivity index (χ1v) is 8.14. The van der Waals surface area contributed by atoms with Crippen molar-refractivity contribution in [3.05, 3.63) is 50.7 Å². The molecule has 5 nitrogen and oxygen atoms in total. The number of nitrogens with zero attached hydrogens (tertiary/aromatic N) is 2. The van der Waals surface area contributed by atoms with E-state index in [0.29, 0.717) is 30.8 Å². The van der Waals surface area contributed by atoms with Crippen LogP contribution in [0.15, 0.2) is 35.1 Å². The zero-order chi connectivity index (χ0) is 16.1. The lowest BCUT2D eigenvalue weighted by Gasteiger charge is -2.04. The van der Waals surface area contributed by atoms with Crippen LogP contribution in [-0.4, -0.2) is 15.0 Å². The van der Waals surface area contributed by atoms with E-state index < -0.39 is 0 Å². The number of aromatic amines is 1. The minimum atomic E-state index is -0.262. The van der Waals surface area contributed by atoms with E-state index in [-0.39, 0.29) is 11.5 Å². The van der Waals surface area contributed by atoms with Gasteiger partial charge in [0.1, 0.15) is 15.0 Å². The van der Waals surface area contributed by atoms with E-state index in [0.717, 1.165) is 10.9 Å². The van der Waals surface area contributed by atoms with Crippen LogP contribution in [0.2, 0.25) is 10.0 Å². The topological polar surface area (TPSA) is 84.7 Å². The van der Waals surface area contributed by atoms with Gasteiger partial charge in [-0.1, -0.05) is 23.2 Å². The maximum atomic E-state index is 12.0. The number of halogens is 2. The maximum Gasteiger partial charge on any atom is 0.270 e. The first-order valence-electron chi connectivity index (χ1n) is 6.57. The number of hydrogen-bond donors (Lipinski definition) is 2. The molecule has 114 valence electrons. The van der Waals surface area contributed by atoms with Gasteiger partial charge in [-0.15, -0.1) is 11.3 Å². The van der Waals surface area contributed by atoms with Gasteiger partial charge in [-0.2, -0.15) is 0 Å². The molecule has 23 heavy (non-hydrogen) atoms. The van der Waals surface area contributed by atoms with Crippen LogP contribution in [0.25, 0.3) is 31.7 Å². The van der Waals surface area contributed by atoms with Crippen molar-refractivity contribution in [2.24, 2.45) is 0 Å². The molecule has 1 aromatic carbocycles. The van der Waals surface area contributed by atoms with Gasteiger partial charge in [0.2, 0.25) is 5.95 Å². The average molecular weight is 363 g/mol. The van der Waals surface area contributed by atoms with Crippen molar-refractivity contribution in [1.29, 1.82) is 0 Å². The summed E-state index contributed by atoms with van der Waals surface area (Å²) in [5.74, 6) is 0.0898. The van der Waals surface area contributed by atoms with Crippen LogP contribution in [0.3, 0.4) is 0 Å². The van der Waals surface area contributed by atoms with E-state index in [1.54, 1.807) is 12.1 Å². The summed E-state index contributed by atoms with van der Waals surface area (Å²) in [4.78, 5) is 24.0. The molecule has 0 saturated heterocycles. The smallest absolute Gasteiger partial charge is 0.270 e. The minimum absolute atomic E-state index is 0.0898. The predicted molar refractivity (Wildman–Crippen MR) is 95.4 cm³/mol. The van der Waals surface area contributed by atoms with E-state index in [1.165, 1.54) is 11.3 Å². The van der Waals surface area contributed by atoms with Gasteiger partial charge in [0.15, 0.2) is 0 Å². The van der Waals surface area contributed by atoms with Crippen LogP contribution < -0.4 is 11.3 Å². The van der Waals surface area contributed by atoms with Gasteiger partial charge >= 0.3 is 0 Å². The van der Waals surface area contributed by atoms with Crippen molar-refractivity contribution in [1.82, 2.24) is 15.0 Å². The number of H-pyrrole nitrogens is 1. The summed E-state index contributed by atoms with van der Waals surface area (Å²) in [6.07, 6.45) is 0. The molecule has 0 amide bonds. The number of fused-ring (bicyclic) bond motifs is 3. The number of nitrogens with two attached hydrogens (primary N) is 1. The van der Waals surface area contributed by atoms with Gasteiger partial charge in [0, 0.05) is 16.0 Å². The standard InChI is InChI=1S/C15H8Cl2N4OS/c16-6-1-2-7(9(17)5-6)10-4-3-8-11-12(23-14(8)19-10)13(22)21-15(18)20-11/h1-5H,(H3,18,20,21,22). The fourth-order valence-electron chi connectivity index (χ4n) is 2.40. The van der Waals surface area contributed by atoms with Gasteiger partial charge in [-0.3, -0.25) is 9.78 Å². The lowest BCUT2D eigenvalue weighted by molar-refractivity contribution is 1.20. The Balaban J connectivity index is 2.00. The SMILES string of the molecule is Nc1nc2c(sc3nc(-c4ccc(Cl)cc4Cl)ccc32)c(=O)[nH]1. The van der Waals surface area contributed by atoms with E-state index in [2.05, 4.69) is 15.0 Å². The highest BCUT2D eigenvalue weighted by molar-refractivity contribution is 7.25. The van der Waals surface area contributed by atoms with Crippen LogP contribution in [0.1, 0.15) is 0 Å². The first-order chi connectivity index (χ1) is 11.0. The molecule has 0 fully saturated rings. The third kappa shape index (κ3) is 2.35. The molecule has 4 aromatic rings. The second kappa shape index (κ2) is 5.19. The number of nitrogen functional groups attached to an aromatic ring is 1. The molecule has 0 aliphatic heterocycles. The van der Waals surface area contributed by atoms with Gasteiger partial charge in [0.05, 0.1) is 10.7 Å². The molecular formula is C15H8Cl2N4OS. The Kier molecular flexibility index (Phi) is 3.26. The Labute approximate surface area is 143 Å². The zero-order valence-corrected chi connectivity index (χ0v) is 13.8. The van der Waals surface area contributed by atoms with Crippen LogP contribution in [-0.2, 0) is 0 Å². The second-order valence-corrected chi connectivity index (χ2v) is 6.75. The molecule has 8 heteroatoms. The fraction of sp³-hybridized carbons (Fsp3) is 0. The highest BCUT2D eigenvalue weighted by Gasteiger charge is 2.13. The van der Waals surface area contributed by atoms with E-state index in [1.807, 2.05) is 18.2 Å². The van der Waals surface area contributed by atoms with E-state index >= 15 is 0 Å². The van der Waals surface area contributed by atoms with Crippen molar-refractivity contribution < 1.29 is 0 Å². The Hall–Kier alpha value is -2.15. The molecule has 0 radical (unpaired) electrons. The van der Waals surface area contributed by atoms with Gasteiger partial charge < -0.3 is 5.73 Å². The monoisotopic (exact) mass is 362 g/mol. The molecule has 0 aliphatic rings. The van der Waals surface area contributed by atoms with Crippen molar-refractivity contribution >= 4 is 60.9 Å². The normalized spacial score (nSPS) is 11.4. The Morgan fingerprint density at radius 2 is 1.96 bits per heavy atom. The predicted octanol–water partition coefficient (Wildman–Crippen LogP) is 4.09. The lowest BCUT2D eigenvalue weighted by atomic mass is 10.1. The van der Waals surface area contributed by atoms with Crippen LogP contribution in [0.5, 0.6) is 0 Å². The van der Waals surface area contributed by atoms with Crippen molar-refractivity contribution in [3.63, 3.8) is 0 Å². The average Bonchev–Trinajstić information content (AvgIpc) is 2.85. The quantitative estimate of drug-likeness (QED) is 0.534. The molecule has 3 heterocycles. The van der Waals surface area contributed by atoms with Gasteiger partial charge in [-0.25, -0.2) is 9.97 Å². The summed E-state index contributed by atoms with van der Waals surface area (Å²) in [6, 6.07) is 8.94. The largest absolute Gasteiger partial charge is 0.369 e. The molecule has 0 unspecified atom stereocenters. The molecule has 3 N–H and O–H groups in total. The Bertz CT molecular complexity index is 1140. The summed E-state index contributed by atoms with van der Waals surface area (Å²) in [7, 11) is 0. The van der Waals surface area contributed by atoms with Crippen LogP contribution >= 0.6 is 34.5 Å². The summed E-state index contributed by atoms with van der Waals surface area (Å²) >= 11 is 13.4. The van der Waals surface area contributed by atoms with E-state index in [4.69, 9.17) is 28.9 Å². The molecule has 0 bridgehead atoms. The summed E-state index contributed by atoms with van der Waals surface area (Å²) in [5, 5.41) is 1.87. The van der Waals surface area contributed by atoms with Crippen LogP contribution in [0.4, 0.5) is 5.95 Å². The molecule has 0 atom stereocenters. The number of rotatable bonds is 1. The highest BCUT2D eigenvalue weighted by atomic mass is 35.5. The molecule has 0 saturated carbocycles. The van der Waals surface area contributed by atoms with Gasteiger partial charge in [-0.05, 0) is 30.3 Å². The van der Waals surface area contributed by atoms with Crippen molar-refractivity contribution in [2.75, 3.05) is 5.73 Å². The fourth-order valence-corrected chi connectivity index (χ4v) is 3.91. The molecule has 0 spiro atoms. The number of aromatic nitrogens is 3. The highest BCUT2D eigenvalue weighted by Crippen LogP contribution is 2.34. The van der Waals surface area contributed by atoms with Crippen LogP contribution in [0, 0.1) is 0 Å². The minimum Gasteiger partial charge on any atom is -0.369 e. The Morgan fingerprint density at radius 3 is 2.74 bits per heavy atom. The Morgan fingerprint density at radius 1 is 1.13 bits per heavy atom. The number of hydrogen-bond acceptors (Lipinski definition) is 5. The molecular weight excluding hydrogens is 355 g/mol. The number of thiophene rings is 1.